The highest BCUT2D eigenvalue weighted by Crippen LogP contribution is 2.42. The molecular weight excluding hydrogens is 470 g/mol. The fraction of sp³-hybridized carbons (Fsp3) is 0.682. The summed E-state index contributed by atoms with van der Waals surface area (Å²) in [6, 6.07) is 8.02. The molecule has 3 fully saturated rings. The fourth-order valence-electron chi connectivity index (χ4n) is 4.48. The Labute approximate surface area is 190 Å². The van der Waals surface area contributed by atoms with Gasteiger partial charge in [-0.2, -0.15) is 0 Å². The van der Waals surface area contributed by atoms with E-state index in [-0.39, 0.29) is 30.3 Å². The van der Waals surface area contributed by atoms with E-state index in [0.29, 0.717) is 19.8 Å². The van der Waals surface area contributed by atoms with Crippen LogP contribution in [-0.4, -0.2) is 67.8 Å². The third-order valence-electron chi connectivity index (χ3n) is 5.88. The number of hydrogen-bond acceptors (Lipinski definition) is 8. The van der Waals surface area contributed by atoms with Crippen molar-refractivity contribution >= 4 is 21.6 Å². The Morgan fingerprint density at radius 3 is 2.48 bits per heavy atom. The van der Waals surface area contributed by atoms with Crippen LogP contribution in [0, 0.1) is 5.92 Å². The van der Waals surface area contributed by atoms with Gasteiger partial charge in [0.25, 0.3) is 0 Å². The lowest BCUT2D eigenvalue weighted by molar-refractivity contribution is -0.236. The average molecular weight is 498 g/mol. The summed E-state index contributed by atoms with van der Waals surface area (Å²) in [5.41, 5.74) is 1.90. The molecule has 170 valence electrons. The highest BCUT2D eigenvalue weighted by molar-refractivity contribution is 9.10. The van der Waals surface area contributed by atoms with Gasteiger partial charge in [-0.15, -0.1) is 0 Å². The van der Waals surface area contributed by atoms with Crippen molar-refractivity contribution in [3.63, 3.8) is 0 Å². The Bertz CT molecular complexity index is 843. The minimum atomic E-state index is -0.727. The van der Waals surface area contributed by atoms with Gasteiger partial charge in [0.15, 0.2) is 17.9 Å². The van der Waals surface area contributed by atoms with Gasteiger partial charge in [0, 0.05) is 4.47 Å². The van der Waals surface area contributed by atoms with E-state index in [4.69, 9.17) is 33.3 Å². The van der Waals surface area contributed by atoms with E-state index < -0.39 is 17.9 Å². The first kappa shape index (κ1) is 21.8. The monoisotopic (exact) mass is 497 g/mol. The third-order valence-corrected chi connectivity index (χ3v) is 6.41. The zero-order valence-electron chi connectivity index (χ0n) is 18.1. The Morgan fingerprint density at radius 1 is 1.00 bits per heavy atom. The van der Waals surface area contributed by atoms with Crippen molar-refractivity contribution < 1.29 is 33.3 Å². The Hall–Kier alpha value is -1.07. The average Bonchev–Trinajstić information content (AvgIpc) is 3.43. The molecule has 1 aromatic rings. The Morgan fingerprint density at radius 2 is 1.77 bits per heavy atom. The lowest BCUT2D eigenvalue weighted by atomic mass is 9.98. The van der Waals surface area contributed by atoms with E-state index in [1.165, 1.54) is 0 Å². The van der Waals surface area contributed by atoms with Crippen LogP contribution in [0.25, 0.3) is 0 Å². The van der Waals surface area contributed by atoms with Crippen molar-refractivity contribution in [3.8, 4) is 0 Å². The summed E-state index contributed by atoms with van der Waals surface area (Å²) in [6.45, 7) is 8.86. The maximum atomic E-state index is 6.43. The zero-order valence-corrected chi connectivity index (χ0v) is 19.7. The van der Waals surface area contributed by atoms with Crippen molar-refractivity contribution in [2.75, 3.05) is 19.8 Å². The van der Waals surface area contributed by atoms with Gasteiger partial charge in [0.1, 0.15) is 31.0 Å². The molecule has 1 aromatic carbocycles. The van der Waals surface area contributed by atoms with Crippen molar-refractivity contribution in [2.24, 2.45) is 11.1 Å². The molecular formula is C22H28BrNO7. The second-order valence-electron chi connectivity index (χ2n) is 9.21. The van der Waals surface area contributed by atoms with Crippen LogP contribution in [0.15, 0.2) is 33.9 Å². The molecule has 1 unspecified atom stereocenters. The third kappa shape index (κ3) is 4.42. The zero-order chi connectivity index (χ0) is 21.8. The number of rotatable bonds is 5. The molecule has 31 heavy (non-hydrogen) atoms. The normalized spacial score (nSPS) is 38.2. The van der Waals surface area contributed by atoms with Gasteiger partial charge in [-0.05, 0) is 45.4 Å². The van der Waals surface area contributed by atoms with Crippen LogP contribution >= 0.6 is 15.9 Å². The molecule has 0 N–H and O–H groups in total. The van der Waals surface area contributed by atoms with E-state index >= 15 is 0 Å². The first-order chi connectivity index (χ1) is 14.7. The van der Waals surface area contributed by atoms with Gasteiger partial charge >= 0.3 is 0 Å². The molecule has 6 atom stereocenters. The second-order valence-corrected chi connectivity index (χ2v) is 10.1. The molecule has 0 bridgehead atoms. The summed E-state index contributed by atoms with van der Waals surface area (Å²) in [6.07, 6.45) is -1.83. The van der Waals surface area contributed by atoms with Crippen molar-refractivity contribution in [1.29, 1.82) is 0 Å². The molecule has 0 spiro atoms. The van der Waals surface area contributed by atoms with Gasteiger partial charge in [0.2, 0.25) is 0 Å². The SMILES string of the molecule is CC1(C)OC[C@@H]([C@H]2OC3OC(C)(C)O[C@@H]3[C@H]2OC[C@H]2CON=C2c2ccc(Br)cc2)O1. The van der Waals surface area contributed by atoms with Crippen LogP contribution in [0.1, 0.15) is 33.3 Å². The summed E-state index contributed by atoms with van der Waals surface area (Å²) in [7, 11) is 0. The molecule has 0 radical (unpaired) electrons. The van der Waals surface area contributed by atoms with Gasteiger partial charge in [0.05, 0.1) is 24.8 Å². The van der Waals surface area contributed by atoms with Crippen LogP contribution in [0.3, 0.4) is 0 Å². The highest BCUT2D eigenvalue weighted by Gasteiger charge is 2.59. The molecule has 3 saturated heterocycles. The summed E-state index contributed by atoms with van der Waals surface area (Å²) in [5, 5.41) is 4.26. The predicted octanol–water partition coefficient (Wildman–Crippen LogP) is 3.21. The number of oxime groups is 1. The van der Waals surface area contributed by atoms with Crippen LogP contribution < -0.4 is 0 Å². The number of benzene rings is 1. The van der Waals surface area contributed by atoms with Gasteiger partial charge in [-0.25, -0.2) is 0 Å². The minimum Gasteiger partial charge on any atom is -0.395 e. The molecule has 8 nitrogen and oxygen atoms in total. The standard InChI is InChI=1S/C22H28BrNO7/c1-21(2)26-11-15(29-21)17-18(19-20(28-17)31-22(3,4)30-19)25-9-13-10-27-24-16(13)12-5-7-14(23)8-6-12/h5-8,13,15,17-20H,9-11H2,1-4H3/t13-,15-,17+,18-,19+,20?/m0/s1. The molecule has 0 aliphatic carbocycles. The van der Waals surface area contributed by atoms with Gasteiger partial charge in [-0.3, -0.25) is 0 Å². The molecule has 4 heterocycles. The predicted molar refractivity (Wildman–Crippen MR) is 113 cm³/mol. The molecule has 4 aliphatic heterocycles. The van der Waals surface area contributed by atoms with Crippen molar-refractivity contribution in [3.05, 3.63) is 34.3 Å². The summed E-state index contributed by atoms with van der Waals surface area (Å²) in [5.74, 6) is -1.37. The minimum absolute atomic E-state index is 0.00777. The summed E-state index contributed by atoms with van der Waals surface area (Å²) >= 11 is 3.47. The fourth-order valence-corrected chi connectivity index (χ4v) is 4.75. The smallest absolute Gasteiger partial charge is 0.190 e. The first-order valence-corrected chi connectivity index (χ1v) is 11.4. The number of halogens is 1. The lowest BCUT2D eigenvalue weighted by Gasteiger charge is -2.29. The largest absolute Gasteiger partial charge is 0.395 e. The Balaban J connectivity index is 1.30. The van der Waals surface area contributed by atoms with Crippen molar-refractivity contribution in [1.82, 2.24) is 0 Å². The molecule has 0 amide bonds. The molecule has 9 heteroatoms. The van der Waals surface area contributed by atoms with Crippen LogP contribution in [0.4, 0.5) is 0 Å². The maximum Gasteiger partial charge on any atom is 0.190 e. The molecule has 5 rings (SSSR count). The number of fused-ring (bicyclic) bond motifs is 1. The van der Waals surface area contributed by atoms with Crippen molar-refractivity contribution in [2.45, 2.75) is 70.0 Å². The number of nitrogens with zero attached hydrogens (tertiary/aromatic N) is 1. The van der Waals surface area contributed by atoms with E-state index in [2.05, 4.69) is 21.1 Å². The van der Waals surface area contributed by atoms with Crippen LogP contribution in [0.5, 0.6) is 0 Å². The first-order valence-electron chi connectivity index (χ1n) is 10.6. The number of hydrogen-bond donors (Lipinski definition) is 0. The van der Waals surface area contributed by atoms with Gasteiger partial charge in [-0.1, -0.05) is 33.2 Å². The Kier molecular flexibility index (Phi) is 5.65. The van der Waals surface area contributed by atoms with E-state index in [0.717, 1.165) is 15.7 Å². The molecule has 0 aromatic heterocycles. The van der Waals surface area contributed by atoms with E-state index in [1.807, 2.05) is 52.0 Å². The molecule has 0 saturated carbocycles. The summed E-state index contributed by atoms with van der Waals surface area (Å²) in [4.78, 5) is 5.41. The quantitative estimate of drug-likeness (QED) is 0.617. The van der Waals surface area contributed by atoms with E-state index in [1.54, 1.807) is 0 Å². The molecule has 4 aliphatic rings. The number of ether oxygens (including phenoxy) is 6. The maximum absolute atomic E-state index is 6.43. The highest BCUT2D eigenvalue weighted by atomic mass is 79.9. The topological polar surface area (TPSA) is 77.0 Å². The second kappa shape index (κ2) is 8.06. The van der Waals surface area contributed by atoms with Gasteiger partial charge < -0.3 is 33.3 Å². The van der Waals surface area contributed by atoms with Crippen LogP contribution in [0.2, 0.25) is 0 Å². The summed E-state index contributed by atoms with van der Waals surface area (Å²) < 4.78 is 37.5. The lowest BCUT2D eigenvalue weighted by Crippen LogP contribution is -2.45. The van der Waals surface area contributed by atoms with E-state index in [9.17, 15) is 0 Å². The van der Waals surface area contributed by atoms with Crippen LogP contribution in [-0.2, 0) is 33.3 Å².